The third kappa shape index (κ3) is 5.08. The van der Waals surface area contributed by atoms with Crippen LogP contribution in [0.4, 0.5) is 25.0 Å². The van der Waals surface area contributed by atoms with Gasteiger partial charge in [0.15, 0.2) is 11.6 Å². The van der Waals surface area contributed by atoms with E-state index in [9.17, 15) is 18.4 Å². The standard InChI is InChI=1S/C24H22F2N4O3/c1-30-12-10-21(29-24(32)33-14-16-5-2-3-11-27-16)17-6-4-7-18(22(17)30)23(31)28-15-8-9-19(25)20(26)13-15/h2-9,11,13,21H,10,12,14H2,1H3,(H,28,31)(H,29,32). The van der Waals surface area contributed by atoms with Crippen LogP contribution in [-0.2, 0) is 11.3 Å². The van der Waals surface area contributed by atoms with Crippen molar-refractivity contribution in [3.63, 3.8) is 0 Å². The number of amides is 2. The zero-order chi connectivity index (χ0) is 23.4. The van der Waals surface area contributed by atoms with Crippen molar-refractivity contribution >= 4 is 23.4 Å². The number of rotatable bonds is 5. The summed E-state index contributed by atoms with van der Waals surface area (Å²) in [5.41, 5.74) is 2.54. The Bertz CT molecular complexity index is 1170. The summed E-state index contributed by atoms with van der Waals surface area (Å²) in [6.07, 6.45) is 1.66. The van der Waals surface area contributed by atoms with Crippen LogP contribution in [0.15, 0.2) is 60.8 Å². The van der Waals surface area contributed by atoms with E-state index < -0.39 is 23.6 Å². The van der Waals surface area contributed by atoms with E-state index in [1.165, 1.54) is 6.07 Å². The molecule has 170 valence electrons. The van der Waals surface area contributed by atoms with Crippen LogP contribution in [0.5, 0.6) is 0 Å². The number of carbonyl (C=O) groups excluding carboxylic acids is 2. The fourth-order valence-electron chi connectivity index (χ4n) is 3.77. The van der Waals surface area contributed by atoms with Crippen LogP contribution in [0.3, 0.4) is 0 Å². The molecule has 0 bridgehead atoms. The summed E-state index contributed by atoms with van der Waals surface area (Å²) in [4.78, 5) is 31.4. The quantitative estimate of drug-likeness (QED) is 0.599. The van der Waals surface area contributed by atoms with E-state index in [4.69, 9.17) is 4.74 Å². The Kier molecular flexibility index (Phi) is 6.48. The van der Waals surface area contributed by atoms with Gasteiger partial charge in [0.25, 0.3) is 5.91 Å². The van der Waals surface area contributed by atoms with Gasteiger partial charge in [0, 0.05) is 31.5 Å². The van der Waals surface area contributed by atoms with Crippen LogP contribution in [0, 0.1) is 11.6 Å². The van der Waals surface area contributed by atoms with E-state index in [-0.39, 0.29) is 18.3 Å². The molecular formula is C24H22F2N4O3. The molecule has 0 radical (unpaired) electrons. The van der Waals surface area contributed by atoms with Crippen LogP contribution in [-0.4, -0.2) is 30.6 Å². The summed E-state index contributed by atoms with van der Waals surface area (Å²) < 4.78 is 32.0. The summed E-state index contributed by atoms with van der Waals surface area (Å²) in [6.45, 7) is 0.635. The molecule has 7 nitrogen and oxygen atoms in total. The summed E-state index contributed by atoms with van der Waals surface area (Å²) >= 11 is 0. The average Bonchev–Trinajstić information content (AvgIpc) is 2.82. The lowest BCUT2D eigenvalue weighted by Crippen LogP contribution is -2.37. The van der Waals surface area contributed by atoms with Gasteiger partial charge < -0.3 is 20.3 Å². The number of alkyl carbamates (subject to hydrolysis) is 1. The topological polar surface area (TPSA) is 83.6 Å². The van der Waals surface area contributed by atoms with Gasteiger partial charge in [0.05, 0.1) is 23.0 Å². The molecule has 2 N–H and O–H groups in total. The largest absolute Gasteiger partial charge is 0.443 e. The molecule has 3 aromatic rings. The number of ether oxygens (including phenoxy) is 1. The van der Waals surface area contributed by atoms with Crippen molar-refractivity contribution in [2.75, 3.05) is 23.8 Å². The molecule has 0 aliphatic carbocycles. The normalized spacial score (nSPS) is 14.9. The second-order valence-corrected chi connectivity index (χ2v) is 7.63. The molecule has 33 heavy (non-hydrogen) atoms. The molecule has 1 atom stereocenters. The minimum absolute atomic E-state index is 0.0445. The second kappa shape index (κ2) is 9.64. The molecule has 0 saturated carbocycles. The molecule has 0 spiro atoms. The van der Waals surface area contributed by atoms with Gasteiger partial charge in [-0.1, -0.05) is 18.2 Å². The number of hydrogen-bond donors (Lipinski definition) is 2. The molecular weight excluding hydrogens is 430 g/mol. The van der Waals surface area contributed by atoms with Crippen molar-refractivity contribution in [1.29, 1.82) is 0 Å². The molecule has 2 aromatic carbocycles. The van der Waals surface area contributed by atoms with Crippen LogP contribution in [0.1, 0.15) is 34.1 Å². The lowest BCUT2D eigenvalue weighted by atomic mass is 9.93. The van der Waals surface area contributed by atoms with Gasteiger partial charge >= 0.3 is 6.09 Å². The molecule has 1 aliphatic heterocycles. The fourth-order valence-corrected chi connectivity index (χ4v) is 3.77. The van der Waals surface area contributed by atoms with Gasteiger partial charge in [-0.25, -0.2) is 13.6 Å². The Morgan fingerprint density at radius 2 is 1.97 bits per heavy atom. The predicted octanol–water partition coefficient (Wildman–Crippen LogP) is 4.42. The van der Waals surface area contributed by atoms with E-state index in [1.807, 2.05) is 24.1 Å². The predicted molar refractivity (Wildman–Crippen MR) is 119 cm³/mol. The molecule has 0 fully saturated rings. The Morgan fingerprint density at radius 3 is 2.73 bits per heavy atom. The SMILES string of the molecule is CN1CCC(NC(=O)OCc2ccccn2)c2cccc(C(=O)Nc3ccc(F)c(F)c3)c21. The van der Waals surface area contributed by atoms with Crippen molar-refractivity contribution in [1.82, 2.24) is 10.3 Å². The summed E-state index contributed by atoms with van der Waals surface area (Å²) in [5, 5.41) is 5.46. The molecule has 0 saturated heterocycles. The zero-order valence-corrected chi connectivity index (χ0v) is 17.8. The fraction of sp³-hybridized carbons (Fsp3) is 0.208. The maximum absolute atomic E-state index is 13.5. The molecule has 2 amide bonds. The van der Waals surface area contributed by atoms with Crippen molar-refractivity contribution in [3.8, 4) is 0 Å². The number of halogens is 2. The number of hydrogen-bond acceptors (Lipinski definition) is 5. The number of nitrogens with one attached hydrogen (secondary N) is 2. The average molecular weight is 452 g/mol. The second-order valence-electron chi connectivity index (χ2n) is 7.63. The van der Waals surface area contributed by atoms with Crippen LogP contribution < -0.4 is 15.5 Å². The van der Waals surface area contributed by atoms with Crippen molar-refractivity contribution < 1.29 is 23.1 Å². The number of anilines is 2. The summed E-state index contributed by atoms with van der Waals surface area (Å²) in [6, 6.07) is 13.4. The highest BCUT2D eigenvalue weighted by Gasteiger charge is 2.29. The highest BCUT2D eigenvalue weighted by atomic mass is 19.2. The first-order valence-electron chi connectivity index (χ1n) is 10.4. The summed E-state index contributed by atoms with van der Waals surface area (Å²) in [5.74, 6) is -2.51. The number of fused-ring (bicyclic) bond motifs is 1. The van der Waals surface area contributed by atoms with Gasteiger partial charge in [-0.2, -0.15) is 0 Å². The van der Waals surface area contributed by atoms with Gasteiger partial charge in [-0.3, -0.25) is 9.78 Å². The van der Waals surface area contributed by atoms with Gasteiger partial charge in [-0.15, -0.1) is 0 Å². The highest BCUT2D eigenvalue weighted by Crippen LogP contribution is 2.36. The number of nitrogens with zero attached hydrogens (tertiary/aromatic N) is 2. The lowest BCUT2D eigenvalue weighted by Gasteiger charge is -2.34. The number of benzene rings is 2. The Labute approximate surface area is 189 Å². The van der Waals surface area contributed by atoms with E-state index >= 15 is 0 Å². The molecule has 1 unspecified atom stereocenters. The maximum atomic E-state index is 13.5. The maximum Gasteiger partial charge on any atom is 0.408 e. The first-order chi connectivity index (χ1) is 15.9. The smallest absolute Gasteiger partial charge is 0.408 e. The van der Waals surface area contributed by atoms with Crippen molar-refractivity contribution in [2.45, 2.75) is 19.1 Å². The molecule has 2 heterocycles. The van der Waals surface area contributed by atoms with Crippen molar-refractivity contribution in [2.24, 2.45) is 0 Å². The zero-order valence-electron chi connectivity index (χ0n) is 17.8. The number of para-hydroxylation sites is 1. The van der Waals surface area contributed by atoms with Crippen LogP contribution in [0.2, 0.25) is 0 Å². The lowest BCUT2D eigenvalue weighted by molar-refractivity contribution is 0.102. The number of aromatic nitrogens is 1. The Morgan fingerprint density at radius 1 is 1.12 bits per heavy atom. The minimum atomic E-state index is -1.05. The first-order valence-corrected chi connectivity index (χ1v) is 10.4. The monoisotopic (exact) mass is 452 g/mol. The van der Waals surface area contributed by atoms with E-state index in [2.05, 4.69) is 15.6 Å². The number of pyridine rings is 1. The Hall–Kier alpha value is -4.01. The summed E-state index contributed by atoms with van der Waals surface area (Å²) in [7, 11) is 1.85. The van der Waals surface area contributed by atoms with Gasteiger partial charge in [0.2, 0.25) is 0 Å². The molecule has 4 rings (SSSR count). The molecule has 9 heteroatoms. The third-order valence-electron chi connectivity index (χ3n) is 5.37. The Balaban J connectivity index is 1.50. The van der Waals surface area contributed by atoms with Crippen molar-refractivity contribution in [3.05, 3.63) is 89.2 Å². The highest BCUT2D eigenvalue weighted by molar-refractivity contribution is 6.08. The van der Waals surface area contributed by atoms with Crippen LogP contribution >= 0.6 is 0 Å². The molecule has 1 aliphatic rings. The van der Waals surface area contributed by atoms with E-state index in [0.29, 0.717) is 29.9 Å². The first kappa shape index (κ1) is 22.2. The van der Waals surface area contributed by atoms with Gasteiger partial charge in [0.1, 0.15) is 6.61 Å². The third-order valence-corrected chi connectivity index (χ3v) is 5.37. The van der Waals surface area contributed by atoms with Gasteiger partial charge in [-0.05, 0) is 42.3 Å². The van der Waals surface area contributed by atoms with E-state index in [1.54, 1.807) is 30.5 Å². The molecule has 1 aromatic heterocycles. The minimum Gasteiger partial charge on any atom is -0.443 e. The number of carbonyl (C=O) groups is 2. The van der Waals surface area contributed by atoms with E-state index in [0.717, 1.165) is 17.7 Å². The van der Waals surface area contributed by atoms with Crippen LogP contribution in [0.25, 0.3) is 0 Å².